The zero-order valence-electron chi connectivity index (χ0n) is 57.0. The van der Waals surface area contributed by atoms with Gasteiger partial charge in [0.1, 0.15) is 28.8 Å². The molecule has 0 radical (unpaired) electrons. The fourth-order valence-electron chi connectivity index (χ4n) is 15.8. The van der Waals surface area contributed by atoms with E-state index in [2.05, 4.69) is 355 Å². The number of rotatable bonds is 12. The van der Waals surface area contributed by atoms with Crippen LogP contribution in [0.3, 0.4) is 0 Å². The number of fused-ring (bicyclic) bond motifs is 5. The summed E-state index contributed by atoms with van der Waals surface area (Å²) < 4.78 is 28.1. The molecular weight excluding hydrogens is 1450 g/mol. The number of imidazole rings is 1. The van der Waals surface area contributed by atoms with Gasteiger partial charge in [-0.25, -0.2) is 4.98 Å². The van der Waals surface area contributed by atoms with E-state index in [1.807, 2.05) is 24.4 Å². The van der Waals surface area contributed by atoms with Crippen LogP contribution in [0, 0.1) is 18.5 Å². The van der Waals surface area contributed by atoms with Crippen molar-refractivity contribution in [1.29, 1.82) is 0 Å². The van der Waals surface area contributed by atoms with Gasteiger partial charge >= 0.3 is 0 Å². The topological polar surface area (TPSA) is 57.6 Å². The maximum Gasteiger partial charge on any atom is 0.268 e. The third-order valence-corrected chi connectivity index (χ3v) is 20.6. The molecule has 0 atom stereocenters. The van der Waals surface area contributed by atoms with Crippen molar-refractivity contribution >= 4 is 73.0 Å². The zero-order chi connectivity index (χ0) is 68.4. The van der Waals surface area contributed by atoms with Crippen molar-refractivity contribution in [3.05, 3.63) is 346 Å². The van der Waals surface area contributed by atoms with Gasteiger partial charge in [0.15, 0.2) is 0 Å². The number of hydrogen-bond acceptors (Lipinski definition) is 5. The Morgan fingerprint density at radius 2 is 0.952 bits per heavy atom. The molecule has 17 aromatic rings. The third kappa shape index (κ3) is 10.4. The molecule has 0 saturated carbocycles. The molecule has 10 heteroatoms. The molecule has 8 nitrogen and oxygen atoms in total. The van der Waals surface area contributed by atoms with Crippen LogP contribution < -0.4 is 40.1 Å². The van der Waals surface area contributed by atoms with Crippen LogP contribution in [0.2, 0.25) is 0 Å². The summed E-state index contributed by atoms with van der Waals surface area (Å²) in [5, 5.41) is 1.87. The third-order valence-electron chi connectivity index (χ3n) is 20.6. The van der Waals surface area contributed by atoms with Crippen LogP contribution >= 0.6 is 0 Å². The predicted octanol–water partition coefficient (Wildman–Crippen LogP) is 21.4. The maximum atomic E-state index is 7.37. The standard InChI is InChI=1S/C94H62BN5O3.Pt/c1-94(2,3)70-47-48-96-87(55-70)100-82-57-74(45-46-77(82)88-83(100)58-86-91-93(88)103-85-44-24-42-81-90(85)95(91)89-80(41-23-43-84(89)102-86)99(81)71-33-17-8-18-34-71)101-73-36-21-35-72(56-73)97-59-98(79-40-20-19-39-78(79)97)92-75(68-51-64(60-25-9-4-10-26-60)49-65(52-68)61-27-11-5-12-28-61)37-22-38-76(92)69-53-66(62-29-13-6-14-30-62)50-67(54-69)63-31-15-7-16-32-63;/h4-55,58H,1-3H3;/q-2;. The maximum absolute atomic E-state index is 7.37. The molecule has 14 aromatic carbocycles. The Balaban J connectivity index is 0.00000744. The molecule has 3 aliphatic rings. The molecule has 0 saturated heterocycles. The summed E-state index contributed by atoms with van der Waals surface area (Å²) in [7, 11) is 0. The summed E-state index contributed by atoms with van der Waals surface area (Å²) in [6, 6.07) is 120. The van der Waals surface area contributed by atoms with E-state index in [4.69, 9.17) is 19.2 Å². The minimum absolute atomic E-state index is 0. The number of aromatic nitrogens is 4. The quantitative estimate of drug-likeness (QED) is 0.0693. The molecule has 6 heterocycles. The van der Waals surface area contributed by atoms with Crippen LogP contribution in [0.1, 0.15) is 26.3 Å². The summed E-state index contributed by atoms with van der Waals surface area (Å²) in [6.45, 7) is 6.54. The smallest absolute Gasteiger partial charge is 0.268 e. The van der Waals surface area contributed by atoms with Crippen LogP contribution in [0.15, 0.2) is 322 Å². The second-order valence-electron chi connectivity index (χ2n) is 27.8. The molecule has 0 fully saturated rings. The van der Waals surface area contributed by atoms with Crippen LogP contribution in [0.25, 0.3) is 117 Å². The minimum atomic E-state index is -0.167. The number of ether oxygens (including phenoxy) is 3. The first-order valence-corrected chi connectivity index (χ1v) is 35.0. The molecule has 0 unspecified atom stereocenters. The van der Waals surface area contributed by atoms with Crippen LogP contribution in [-0.2, 0) is 26.5 Å². The number of pyridine rings is 1. The van der Waals surface area contributed by atoms with Gasteiger partial charge in [-0.05, 0) is 185 Å². The number of anilines is 3. The van der Waals surface area contributed by atoms with Gasteiger partial charge in [0.05, 0.1) is 16.7 Å². The Kier molecular flexibility index (Phi) is 15.0. The van der Waals surface area contributed by atoms with Crippen molar-refractivity contribution in [3.63, 3.8) is 0 Å². The summed E-state index contributed by atoms with van der Waals surface area (Å²) in [4.78, 5) is 7.48. The Hall–Kier alpha value is -12.5. The molecule has 0 aliphatic carbocycles. The molecule has 104 heavy (non-hydrogen) atoms. The van der Waals surface area contributed by atoms with Gasteiger partial charge in [-0.2, -0.15) is 18.2 Å². The van der Waals surface area contributed by atoms with Crippen LogP contribution in [0.5, 0.6) is 34.5 Å². The first-order chi connectivity index (χ1) is 50.7. The molecular formula is C94H62BN5O3Pt-2. The van der Waals surface area contributed by atoms with E-state index < -0.39 is 0 Å². The minimum Gasteiger partial charge on any atom is -0.510 e. The van der Waals surface area contributed by atoms with Crippen molar-refractivity contribution in [2.75, 3.05) is 4.90 Å². The van der Waals surface area contributed by atoms with E-state index in [9.17, 15) is 0 Å². The Bertz CT molecular complexity index is 5990. The normalized spacial score (nSPS) is 12.4. The molecule has 3 aliphatic heterocycles. The van der Waals surface area contributed by atoms with Gasteiger partial charge in [0, 0.05) is 72.9 Å². The SMILES string of the molecule is CC(C)(C)c1ccnc(-n2c3[c-]c(Oc4[c-]c(-n5[c-][n+](-c6c(-c7cc(-c8ccccc8)cc(-c8ccccc8)c7)cccc6-c6cc(-c7ccccc7)cc(-c7ccccc7)c6)c6ccccc65)ccc4)ccc3c3c4c5c(cc32)Oc2cccc3c2B5c2c(cccc2N3c2ccccc2)O4)c1.[Pt]. The molecule has 0 N–H and O–H groups in total. The van der Waals surface area contributed by atoms with Crippen molar-refractivity contribution in [1.82, 2.24) is 14.1 Å². The van der Waals surface area contributed by atoms with Gasteiger partial charge in [0.2, 0.25) is 0 Å². The zero-order valence-corrected chi connectivity index (χ0v) is 59.2. The summed E-state index contributed by atoms with van der Waals surface area (Å²) in [5.41, 5.74) is 25.9. The Morgan fingerprint density at radius 1 is 0.433 bits per heavy atom. The largest absolute Gasteiger partial charge is 0.510 e. The predicted molar refractivity (Wildman–Crippen MR) is 417 cm³/mol. The fraction of sp³-hybridized carbons (Fsp3) is 0.0426. The van der Waals surface area contributed by atoms with Crippen molar-refractivity contribution < 1.29 is 39.8 Å². The molecule has 20 rings (SSSR count). The van der Waals surface area contributed by atoms with Gasteiger partial charge in [-0.15, -0.1) is 24.3 Å². The second-order valence-corrected chi connectivity index (χ2v) is 27.8. The number of nitrogens with zero attached hydrogens (tertiary/aromatic N) is 5. The Morgan fingerprint density at radius 3 is 1.54 bits per heavy atom. The first-order valence-electron chi connectivity index (χ1n) is 35.0. The van der Waals surface area contributed by atoms with E-state index in [0.717, 1.165) is 179 Å². The molecule has 3 aromatic heterocycles. The number of para-hydroxylation sites is 4. The number of hydrogen-bond donors (Lipinski definition) is 0. The molecule has 496 valence electrons. The van der Waals surface area contributed by atoms with Gasteiger partial charge in [-0.1, -0.05) is 226 Å². The first kappa shape index (κ1) is 62.5. The summed E-state index contributed by atoms with van der Waals surface area (Å²) in [5.74, 6) is 4.87. The van der Waals surface area contributed by atoms with E-state index in [-0.39, 0.29) is 33.2 Å². The van der Waals surface area contributed by atoms with Gasteiger partial charge < -0.3 is 28.2 Å². The monoisotopic (exact) mass is 1510 g/mol. The average Bonchev–Trinajstić information content (AvgIpc) is 1.46. The summed E-state index contributed by atoms with van der Waals surface area (Å²) >= 11 is 0. The second kappa shape index (κ2) is 24.9. The fourth-order valence-corrected chi connectivity index (χ4v) is 15.8. The Labute approximate surface area is 617 Å². The average molecular weight is 1520 g/mol. The van der Waals surface area contributed by atoms with E-state index >= 15 is 0 Å². The number of benzene rings is 14. The van der Waals surface area contributed by atoms with Crippen molar-refractivity contribution in [3.8, 4) is 118 Å². The van der Waals surface area contributed by atoms with Gasteiger partial charge in [-0.3, -0.25) is 4.57 Å². The summed E-state index contributed by atoms with van der Waals surface area (Å²) in [6.07, 6.45) is 5.88. The molecule has 0 spiro atoms. The molecule has 0 amide bonds. The van der Waals surface area contributed by atoms with Gasteiger partial charge in [0.25, 0.3) is 13.0 Å². The van der Waals surface area contributed by atoms with Crippen LogP contribution in [0.4, 0.5) is 17.1 Å². The van der Waals surface area contributed by atoms with E-state index in [1.54, 1.807) is 0 Å². The van der Waals surface area contributed by atoms with E-state index in [1.165, 1.54) is 0 Å². The van der Waals surface area contributed by atoms with E-state index in [0.29, 0.717) is 11.5 Å². The van der Waals surface area contributed by atoms with Crippen molar-refractivity contribution in [2.45, 2.75) is 26.2 Å². The molecule has 0 bridgehead atoms. The van der Waals surface area contributed by atoms with Crippen molar-refractivity contribution in [2.24, 2.45) is 0 Å². The van der Waals surface area contributed by atoms with Crippen LogP contribution in [-0.4, -0.2) is 20.8 Å².